The fourth-order valence-electron chi connectivity index (χ4n) is 1.66. The summed E-state index contributed by atoms with van der Waals surface area (Å²) in [4.78, 5) is 0. The van der Waals surface area contributed by atoms with Gasteiger partial charge in [-0.3, -0.25) is 0 Å². The van der Waals surface area contributed by atoms with E-state index in [1.807, 2.05) is 24.3 Å². The van der Waals surface area contributed by atoms with Crippen LogP contribution in [0.5, 0.6) is 11.5 Å². The SMILES string of the molecule is Fc1ccc(C2Oc3ccccc3O2)cc1. The van der Waals surface area contributed by atoms with Crippen LogP contribution in [-0.2, 0) is 0 Å². The molecule has 0 unspecified atom stereocenters. The second-order valence-corrected chi connectivity index (χ2v) is 3.57. The molecular weight excluding hydrogens is 207 g/mol. The van der Waals surface area contributed by atoms with Gasteiger partial charge in [0.15, 0.2) is 11.5 Å². The van der Waals surface area contributed by atoms with Crippen LogP contribution in [0.3, 0.4) is 0 Å². The van der Waals surface area contributed by atoms with Gasteiger partial charge in [0.25, 0.3) is 6.29 Å². The summed E-state index contributed by atoms with van der Waals surface area (Å²) in [7, 11) is 0. The predicted molar refractivity (Wildman–Crippen MR) is 56.8 cm³/mol. The van der Waals surface area contributed by atoms with Gasteiger partial charge in [-0.2, -0.15) is 0 Å². The third kappa shape index (κ3) is 1.50. The summed E-state index contributed by atoms with van der Waals surface area (Å²) >= 11 is 0. The van der Waals surface area contributed by atoms with Crippen LogP contribution in [-0.4, -0.2) is 0 Å². The molecule has 1 aliphatic heterocycles. The van der Waals surface area contributed by atoms with Gasteiger partial charge in [0.1, 0.15) is 5.82 Å². The van der Waals surface area contributed by atoms with Crippen molar-refractivity contribution in [1.82, 2.24) is 0 Å². The molecule has 3 heteroatoms. The van der Waals surface area contributed by atoms with Crippen LogP contribution >= 0.6 is 0 Å². The zero-order valence-electron chi connectivity index (χ0n) is 8.39. The van der Waals surface area contributed by atoms with Gasteiger partial charge in [0.05, 0.1) is 0 Å². The fraction of sp³-hybridized carbons (Fsp3) is 0.0769. The van der Waals surface area contributed by atoms with Crippen molar-refractivity contribution in [2.75, 3.05) is 0 Å². The summed E-state index contributed by atoms with van der Waals surface area (Å²) in [5.41, 5.74) is 0.803. The van der Waals surface area contributed by atoms with E-state index in [2.05, 4.69) is 0 Å². The lowest BCUT2D eigenvalue weighted by Crippen LogP contribution is -2.07. The Labute approximate surface area is 92.2 Å². The molecule has 0 radical (unpaired) electrons. The highest BCUT2D eigenvalue weighted by atomic mass is 19.1. The average Bonchev–Trinajstić information content (AvgIpc) is 2.73. The Hall–Kier alpha value is -2.03. The smallest absolute Gasteiger partial charge is 0.267 e. The first kappa shape index (κ1) is 9.21. The van der Waals surface area contributed by atoms with Gasteiger partial charge in [0.2, 0.25) is 0 Å². The first-order valence-corrected chi connectivity index (χ1v) is 5.01. The number of benzene rings is 2. The molecule has 2 aromatic carbocycles. The number of fused-ring (bicyclic) bond motifs is 1. The van der Waals surface area contributed by atoms with E-state index in [1.165, 1.54) is 12.1 Å². The number of para-hydroxylation sites is 2. The molecule has 0 saturated heterocycles. The molecule has 16 heavy (non-hydrogen) atoms. The quantitative estimate of drug-likeness (QED) is 0.728. The van der Waals surface area contributed by atoms with E-state index in [-0.39, 0.29) is 5.82 Å². The maximum Gasteiger partial charge on any atom is 0.267 e. The molecule has 0 fully saturated rings. The molecule has 80 valence electrons. The number of rotatable bonds is 1. The molecule has 0 atom stereocenters. The Morgan fingerprint density at radius 1 is 0.812 bits per heavy atom. The highest BCUT2D eigenvalue weighted by Gasteiger charge is 2.24. The van der Waals surface area contributed by atoms with Gasteiger partial charge in [-0.25, -0.2) is 4.39 Å². The summed E-state index contributed by atoms with van der Waals surface area (Å²) in [5.74, 6) is 1.17. The molecule has 3 rings (SSSR count). The van der Waals surface area contributed by atoms with Gasteiger partial charge in [-0.15, -0.1) is 0 Å². The maximum atomic E-state index is 12.8. The molecule has 2 aromatic rings. The molecule has 0 saturated carbocycles. The molecule has 2 nitrogen and oxygen atoms in total. The van der Waals surface area contributed by atoms with Gasteiger partial charge >= 0.3 is 0 Å². The highest BCUT2D eigenvalue weighted by molar-refractivity contribution is 5.42. The molecular formula is C13H9FO2. The lowest BCUT2D eigenvalue weighted by Gasteiger charge is -2.09. The van der Waals surface area contributed by atoms with E-state index in [0.717, 1.165) is 17.1 Å². The van der Waals surface area contributed by atoms with Crippen molar-refractivity contribution in [3.05, 3.63) is 59.9 Å². The van der Waals surface area contributed by atoms with Crippen molar-refractivity contribution >= 4 is 0 Å². The largest absolute Gasteiger partial charge is 0.447 e. The normalized spacial score (nSPS) is 14.1. The van der Waals surface area contributed by atoms with Crippen molar-refractivity contribution in [2.24, 2.45) is 0 Å². The zero-order valence-corrected chi connectivity index (χ0v) is 8.39. The molecule has 0 amide bonds. The number of ether oxygens (including phenoxy) is 2. The summed E-state index contributed by atoms with van der Waals surface area (Å²) in [5, 5.41) is 0. The van der Waals surface area contributed by atoms with Gasteiger partial charge in [-0.1, -0.05) is 12.1 Å². The van der Waals surface area contributed by atoms with Gasteiger partial charge < -0.3 is 9.47 Å². The Balaban J connectivity index is 1.88. The highest BCUT2D eigenvalue weighted by Crippen LogP contribution is 2.39. The second-order valence-electron chi connectivity index (χ2n) is 3.57. The number of hydrogen-bond donors (Lipinski definition) is 0. The van der Waals surface area contributed by atoms with Crippen LogP contribution in [0.2, 0.25) is 0 Å². The van der Waals surface area contributed by atoms with Crippen molar-refractivity contribution < 1.29 is 13.9 Å². The van der Waals surface area contributed by atoms with Crippen LogP contribution in [0.1, 0.15) is 11.9 Å². The van der Waals surface area contributed by atoms with Crippen LogP contribution in [0, 0.1) is 5.82 Å². The molecule has 0 aliphatic carbocycles. The lowest BCUT2D eigenvalue weighted by atomic mass is 10.2. The Bertz CT molecular complexity index is 483. The van der Waals surface area contributed by atoms with E-state index < -0.39 is 6.29 Å². The summed E-state index contributed by atoms with van der Waals surface area (Å²) in [6.07, 6.45) is -0.474. The van der Waals surface area contributed by atoms with Crippen LogP contribution in [0.25, 0.3) is 0 Å². The second kappa shape index (κ2) is 3.52. The van der Waals surface area contributed by atoms with E-state index in [0.29, 0.717) is 0 Å². The molecule has 0 spiro atoms. The van der Waals surface area contributed by atoms with Crippen LogP contribution in [0.4, 0.5) is 4.39 Å². The van der Waals surface area contributed by atoms with Crippen LogP contribution in [0.15, 0.2) is 48.5 Å². The standard InChI is InChI=1S/C13H9FO2/c14-10-7-5-9(6-8-10)13-15-11-3-1-2-4-12(11)16-13/h1-8,13H. The minimum atomic E-state index is -0.474. The third-order valence-corrected chi connectivity index (χ3v) is 2.46. The van der Waals surface area contributed by atoms with E-state index in [4.69, 9.17) is 9.47 Å². The van der Waals surface area contributed by atoms with Gasteiger partial charge in [-0.05, 0) is 36.4 Å². The third-order valence-electron chi connectivity index (χ3n) is 2.46. The fourth-order valence-corrected chi connectivity index (χ4v) is 1.66. The predicted octanol–water partition coefficient (Wildman–Crippen LogP) is 3.30. The summed E-state index contributed by atoms with van der Waals surface area (Å²) < 4.78 is 23.9. The zero-order chi connectivity index (χ0) is 11.0. The molecule has 0 N–H and O–H groups in total. The van der Waals surface area contributed by atoms with Gasteiger partial charge in [0, 0.05) is 5.56 Å². The molecule has 1 aliphatic rings. The van der Waals surface area contributed by atoms with Crippen molar-refractivity contribution in [2.45, 2.75) is 6.29 Å². The minimum Gasteiger partial charge on any atom is -0.447 e. The molecule has 0 bridgehead atoms. The Kier molecular flexibility index (Phi) is 2.03. The first-order valence-electron chi connectivity index (χ1n) is 5.01. The van der Waals surface area contributed by atoms with Crippen molar-refractivity contribution in [3.8, 4) is 11.5 Å². The van der Waals surface area contributed by atoms with Crippen LogP contribution < -0.4 is 9.47 Å². The van der Waals surface area contributed by atoms with Crippen molar-refractivity contribution in [1.29, 1.82) is 0 Å². The first-order chi connectivity index (χ1) is 7.83. The summed E-state index contributed by atoms with van der Waals surface area (Å²) in [6, 6.07) is 13.6. The monoisotopic (exact) mass is 216 g/mol. The summed E-state index contributed by atoms with van der Waals surface area (Å²) in [6.45, 7) is 0. The van der Waals surface area contributed by atoms with Crippen molar-refractivity contribution in [3.63, 3.8) is 0 Å². The van der Waals surface area contributed by atoms with E-state index in [9.17, 15) is 4.39 Å². The number of halogens is 1. The molecule has 1 heterocycles. The maximum absolute atomic E-state index is 12.8. The Morgan fingerprint density at radius 2 is 1.38 bits per heavy atom. The van der Waals surface area contributed by atoms with E-state index in [1.54, 1.807) is 12.1 Å². The van der Waals surface area contributed by atoms with E-state index >= 15 is 0 Å². The topological polar surface area (TPSA) is 18.5 Å². The molecule has 0 aromatic heterocycles. The number of hydrogen-bond acceptors (Lipinski definition) is 2. The Morgan fingerprint density at radius 3 is 1.94 bits per heavy atom. The average molecular weight is 216 g/mol. The lowest BCUT2D eigenvalue weighted by molar-refractivity contribution is 0.0486. The minimum absolute atomic E-state index is 0.265.